The van der Waals surface area contributed by atoms with Crippen LogP contribution in [0.5, 0.6) is 0 Å². The van der Waals surface area contributed by atoms with E-state index in [0.717, 1.165) is 22.9 Å². The van der Waals surface area contributed by atoms with Crippen molar-refractivity contribution in [1.29, 1.82) is 0 Å². The van der Waals surface area contributed by atoms with Crippen molar-refractivity contribution >= 4 is 15.9 Å². The Bertz CT molecular complexity index is 511. The van der Waals surface area contributed by atoms with Gasteiger partial charge in [-0.25, -0.2) is 4.39 Å². The molecule has 0 amide bonds. The highest BCUT2D eigenvalue weighted by molar-refractivity contribution is 9.10. The summed E-state index contributed by atoms with van der Waals surface area (Å²) in [6.07, 6.45) is 1.71. The third-order valence-corrected chi connectivity index (χ3v) is 3.51. The van der Waals surface area contributed by atoms with E-state index in [1.807, 2.05) is 24.3 Å². The predicted molar refractivity (Wildman–Crippen MR) is 78.9 cm³/mol. The van der Waals surface area contributed by atoms with Crippen LogP contribution in [-0.2, 0) is 6.42 Å². The molecule has 0 radical (unpaired) electrons. The summed E-state index contributed by atoms with van der Waals surface area (Å²) in [6.45, 7) is 0. The number of halogens is 2. The molecule has 0 heterocycles. The molecule has 0 aliphatic heterocycles. The van der Waals surface area contributed by atoms with Crippen LogP contribution in [0.15, 0.2) is 53.0 Å². The smallest absolute Gasteiger partial charge is 0.124 e. The molecule has 100 valence electrons. The molecular weight excluding hydrogens is 307 g/mol. The average molecular weight is 323 g/mol. The Morgan fingerprint density at radius 3 is 2.53 bits per heavy atom. The van der Waals surface area contributed by atoms with Gasteiger partial charge in [-0.15, -0.1) is 0 Å². The first-order valence-electron chi connectivity index (χ1n) is 6.15. The number of benzene rings is 2. The molecule has 0 aliphatic carbocycles. The van der Waals surface area contributed by atoms with E-state index in [1.54, 1.807) is 0 Å². The summed E-state index contributed by atoms with van der Waals surface area (Å²) < 4.78 is 14.1. The summed E-state index contributed by atoms with van der Waals surface area (Å²) in [5.41, 5.74) is 4.86. The van der Waals surface area contributed by atoms with Crippen molar-refractivity contribution in [2.24, 2.45) is 5.84 Å². The Morgan fingerprint density at radius 1 is 1.16 bits per heavy atom. The lowest BCUT2D eigenvalue weighted by Crippen LogP contribution is -2.28. The van der Waals surface area contributed by atoms with Crippen molar-refractivity contribution < 1.29 is 4.39 Å². The Hall–Kier alpha value is -1.23. The van der Waals surface area contributed by atoms with Crippen molar-refractivity contribution in [3.63, 3.8) is 0 Å². The lowest BCUT2D eigenvalue weighted by molar-refractivity contribution is 0.511. The Labute approximate surface area is 120 Å². The number of hydrogen-bond donors (Lipinski definition) is 2. The fourth-order valence-electron chi connectivity index (χ4n) is 2.08. The minimum atomic E-state index is -0.260. The largest absolute Gasteiger partial charge is 0.271 e. The number of hydrogen-bond acceptors (Lipinski definition) is 2. The van der Waals surface area contributed by atoms with Crippen LogP contribution in [0, 0.1) is 5.82 Å². The lowest BCUT2D eigenvalue weighted by atomic mass is 9.99. The van der Waals surface area contributed by atoms with Gasteiger partial charge in [0.25, 0.3) is 0 Å². The molecule has 2 nitrogen and oxygen atoms in total. The molecule has 2 aromatic rings. The topological polar surface area (TPSA) is 38.0 Å². The van der Waals surface area contributed by atoms with Gasteiger partial charge in [0.2, 0.25) is 0 Å². The van der Waals surface area contributed by atoms with E-state index in [9.17, 15) is 4.39 Å². The Morgan fingerprint density at radius 2 is 1.89 bits per heavy atom. The minimum absolute atomic E-state index is 0.0628. The maximum atomic E-state index is 13.4. The van der Waals surface area contributed by atoms with Gasteiger partial charge in [-0.3, -0.25) is 11.3 Å². The van der Waals surface area contributed by atoms with Gasteiger partial charge in [0, 0.05) is 10.5 Å². The van der Waals surface area contributed by atoms with Crippen molar-refractivity contribution in [3.8, 4) is 0 Å². The molecule has 0 saturated carbocycles. The zero-order valence-electron chi connectivity index (χ0n) is 10.4. The highest BCUT2D eigenvalue weighted by atomic mass is 79.9. The van der Waals surface area contributed by atoms with E-state index < -0.39 is 0 Å². The zero-order chi connectivity index (χ0) is 13.7. The molecule has 0 bridgehead atoms. The number of rotatable bonds is 5. The van der Waals surface area contributed by atoms with Gasteiger partial charge >= 0.3 is 0 Å². The standard InChI is InChI=1S/C15H16BrFN2/c16-13-8-12(9-14(17)10-13)15(19-18)7-6-11-4-2-1-3-5-11/h1-5,8-10,15,19H,6-7,18H2. The normalized spacial score (nSPS) is 12.4. The molecule has 0 fully saturated rings. The second-order valence-electron chi connectivity index (χ2n) is 4.45. The van der Waals surface area contributed by atoms with Crippen LogP contribution in [0.25, 0.3) is 0 Å². The van der Waals surface area contributed by atoms with E-state index in [-0.39, 0.29) is 11.9 Å². The van der Waals surface area contributed by atoms with E-state index in [4.69, 9.17) is 5.84 Å². The van der Waals surface area contributed by atoms with Crippen LogP contribution < -0.4 is 11.3 Å². The van der Waals surface area contributed by atoms with Gasteiger partial charge in [-0.05, 0) is 42.2 Å². The molecule has 2 rings (SSSR count). The summed E-state index contributed by atoms with van der Waals surface area (Å²) >= 11 is 3.30. The first kappa shape index (κ1) is 14.2. The second-order valence-corrected chi connectivity index (χ2v) is 5.36. The van der Waals surface area contributed by atoms with Gasteiger partial charge in [0.15, 0.2) is 0 Å². The van der Waals surface area contributed by atoms with Crippen LogP contribution in [0.1, 0.15) is 23.6 Å². The van der Waals surface area contributed by atoms with E-state index in [1.165, 1.54) is 17.7 Å². The number of nitrogens with two attached hydrogens (primary N) is 1. The highest BCUT2D eigenvalue weighted by Gasteiger charge is 2.11. The third-order valence-electron chi connectivity index (χ3n) is 3.05. The van der Waals surface area contributed by atoms with Gasteiger partial charge in [0.05, 0.1) is 0 Å². The molecule has 4 heteroatoms. The van der Waals surface area contributed by atoms with E-state index in [2.05, 4.69) is 33.5 Å². The third kappa shape index (κ3) is 4.13. The van der Waals surface area contributed by atoms with Gasteiger partial charge in [0.1, 0.15) is 5.82 Å². The van der Waals surface area contributed by atoms with Crippen LogP contribution in [-0.4, -0.2) is 0 Å². The quantitative estimate of drug-likeness (QED) is 0.650. The summed E-state index contributed by atoms with van der Waals surface area (Å²) in [6, 6.07) is 15.0. The van der Waals surface area contributed by atoms with Crippen molar-refractivity contribution in [2.45, 2.75) is 18.9 Å². The van der Waals surface area contributed by atoms with Crippen LogP contribution >= 0.6 is 15.9 Å². The first-order valence-corrected chi connectivity index (χ1v) is 6.94. The first-order chi connectivity index (χ1) is 9.19. The van der Waals surface area contributed by atoms with Gasteiger partial charge in [-0.1, -0.05) is 46.3 Å². The summed E-state index contributed by atoms with van der Waals surface area (Å²) in [5, 5.41) is 0. The SMILES string of the molecule is NNC(CCc1ccccc1)c1cc(F)cc(Br)c1. The Kier molecular flexibility index (Phi) is 5.07. The Balaban J connectivity index is 2.07. The van der Waals surface area contributed by atoms with Crippen molar-refractivity contribution in [1.82, 2.24) is 5.43 Å². The predicted octanol–water partition coefficient (Wildman–Crippen LogP) is 3.73. The molecule has 0 aromatic heterocycles. The molecule has 0 saturated heterocycles. The lowest BCUT2D eigenvalue weighted by Gasteiger charge is -2.17. The van der Waals surface area contributed by atoms with E-state index >= 15 is 0 Å². The number of nitrogens with one attached hydrogen (secondary N) is 1. The molecular formula is C15H16BrFN2. The highest BCUT2D eigenvalue weighted by Crippen LogP contribution is 2.23. The summed E-state index contributed by atoms with van der Waals surface area (Å²) in [7, 11) is 0. The average Bonchev–Trinajstić information content (AvgIpc) is 2.39. The van der Waals surface area contributed by atoms with Crippen molar-refractivity contribution in [3.05, 3.63) is 69.9 Å². The molecule has 2 aromatic carbocycles. The molecule has 0 spiro atoms. The molecule has 0 aliphatic rings. The maximum absolute atomic E-state index is 13.4. The summed E-state index contributed by atoms with van der Waals surface area (Å²) in [4.78, 5) is 0. The van der Waals surface area contributed by atoms with Gasteiger partial charge < -0.3 is 0 Å². The number of aryl methyl sites for hydroxylation is 1. The number of hydrazine groups is 1. The van der Waals surface area contributed by atoms with Crippen LogP contribution in [0.4, 0.5) is 4.39 Å². The second kappa shape index (κ2) is 6.80. The molecule has 1 atom stereocenters. The maximum Gasteiger partial charge on any atom is 0.124 e. The fourth-order valence-corrected chi connectivity index (χ4v) is 2.56. The van der Waals surface area contributed by atoms with Gasteiger partial charge in [-0.2, -0.15) is 0 Å². The van der Waals surface area contributed by atoms with Crippen molar-refractivity contribution in [2.75, 3.05) is 0 Å². The van der Waals surface area contributed by atoms with Crippen LogP contribution in [0.3, 0.4) is 0 Å². The molecule has 19 heavy (non-hydrogen) atoms. The van der Waals surface area contributed by atoms with Crippen LogP contribution in [0.2, 0.25) is 0 Å². The summed E-state index contributed by atoms with van der Waals surface area (Å²) in [5.74, 6) is 5.32. The fraction of sp³-hybridized carbons (Fsp3) is 0.200. The van der Waals surface area contributed by atoms with E-state index in [0.29, 0.717) is 0 Å². The zero-order valence-corrected chi connectivity index (χ0v) is 12.0. The molecule has 3 N–H and O–H groups in total. The monoisotopic (exact) mass is 322 g/mol. The minimum Gasteiger partial charge on any atom is -0.271 e. The molecule has 1 unspecified atom stereocenters.